The molecule has 0 aromatic carbocycles. The first kappa shape index (κ1) is 15.3. The Morgan fingerprint density at radius 3 is 2.58 bits per heavy atom. The van der Waals surface area contributed by atoms with Crippen LogP contribution >= 0.6 is 0 Å². The van der Waals surface area contributed by atoms with Gasteiger partial charge in [0.25, 0.3) is 5.56 Å². The second-order valence-corrected chi connectivity index (χ2v) is 6.93. The zero-order chi connectivity index (χ0) is 16.7. The first-order valence-electron chi connectivity index (χ1n) is 8.36. The Kier molecular flexibility index (Phi) is 3.80. The fraction of sp³-hybridized carbons (Fsp3) is 0.529. The molecule has 0 saturated carbocycles. The molecule has 7 nitrogen and oxygen atoms in total. The van der Waals surface area contributed by atoms with E-state index in [4.69, 9.17) is 0 Å². The number of likely N-dealkylation sites (tertiary alicyclic amines) is 1. The summed E-state index contributed by atoms with van der Waals surface area (Å²) in [5.41, 5.74) is 1.94. The molecule has 0 N–H and O–H groups in total. The lowest BCUT2D eigenvalue weighted by atomic mass is 10.0. The van der Waals surface area contributed by atoms with Crippen molar-refractivity contribution in [2.24, 2.45) is 18.9 Å². The summed E-state index contributed by atoms with van der Waals surface area (Å²) >= 11 is 0. The molecule has 24 heavy (non-hydrogen) atoms. The van der Waals surface area contributed by atoms with Gasteiger partial charge >= 0.3 is 0 Å². The number of aromatic nitrogens is 4. The van der Waals surface area contributed by atoms with Crippen molar-refractivity contribution in [3.05, 3.63) is 46.5 Å². The van der Waals surface area contributed by atoms with Crippen molar-refractivity contribution >= 4 is 5.82 Å². The summed E-state index contributed by atoms with van der Waals surface area (Å²) in [5.74, 6) is 2.36. The van der Waals surface area contributed by atoms with E-state index in [1.54, 1.807) is 17.1 Å². The fourth-order valence-corrected chi connectivity index (χ4v) is 3.90. The van der Waals surface area contributed by atoms with Crippen LogP contribution in [0.4, 0.5) is 5.82 Å². The molecule has 2 unspecified atom stereocenters. The zero-order valence-electron chi connectivity index (χ0n) is 14.1. The molecule has 0 radical (unpaired) electrons. The van der Waals surface area contributed by atoms with Crippen molar-refractivity contribution in [1.82, 2.24) is 24.4 Å². The van der Waals surface area contributed by atoms with Crippen molar-refractivity contribution in [2.45, 2.75) is 13.5 Å². The van der Waals surface area contributed by atoms with E-state index in [-0.39, 0.29) is 5.56 Å². The van der Waals surface area contributed by atoms with Gasteiger partial charge in [0, 0.05) is 57.7 Å². The van der Waals surface area contributed by atoms with Gasteiger partial charge in [-0.05, 0) is 18.8 Å². The average molecular weight is 326 g/mol. The predicted molar refractivity (Wildman–Crippen MR) is 90.7 cm³/mol. The van der Waals surface area contributed by atoms with E-state index in [1.807, 2.05) is 14.0 Å². The minimum absolute atomic E-state index is 0.0443. The molecule has 0 spiro atoms. The number of aryl methyl sites for hydroxylation is 1. The quantitative estimate of drug-likeness (QED) is 0.816. The lowest BCUT2D eigenvalue weighted by Crippen LogP contribution is -2.31. The molecule has 0 amide bonds. The van der Waals surface area contributed by atoms with Gasteiger partial charge in [0.05, 0.1) is 11.9 Å². The summed E-state index contributed by atoms with van der Waals surface area (Å²) in [7, 11) is 1.81. The van der Waals surface area contributed by atoms with Crippen LogP contribution in [0.15, 0.2) is 29.6 Å². The van der Waals surface area contributed by atoms with Crippen LogP contribution in [0.2, 0.25) is 0 Å². The molecule has 0 bridgehead atoms. The monoisotopic (exact) mass is 326 g/mol. The Hall–Kier alpha value is -2.28. The van der Waals surface area contributed by atoms with E-state index in [0.29, 0.717) is 11.8 Å². The fourth-order valence-electron chi connectivity index (χ4n) is 3.90. The number of hydrogen-bond acceptors (Lipinski definition) is 6. The lowest BCUT2D eigenvalue weighted by Gasteiger charge is -2.22. The number of rotatable bonds is 3. The number of anilines is 1. The second kappa shape index (κ2) is 5.98. The highest BCUT2D eigenvalue weighted by atomic mass is 16.1. The second-order valence-electron chi connectivity index (χ2n) is 6.93. The van der Waals surface area contributed by atoms with Crippen molar-refractivity contribution in [3.8, 4) is 0 Å². The van der Waals surface area contributed by atoms with Crippen LogP contribution in [-0.4, -0.2) is 50.6 Å². The van der Waals surface area contributed by atoms with Crippen LogP contribution in [0.1, 0.15) is 11.4 Å². The van der Waals surface area contributed by atoms with E-state index >= 15 is 0 Å². The normalized spacial score (nSPS) is 23.7. The summed E-state index contributed by atoms with van der Waals surface area (Å²) in [6.45, 7) is 7.01. The Bertz CT molecular complexity index is 790. The van der Waals surface area contributed by atoms with Gasteiger partial charge in [0.1, 0.15) is 12.1 Å². The molecule has 126 valence electrons. The van der Waals surface area contributed by atoms with Gasteiger partial charge in [0.15, 0.2) is 0 Å². The summed E-state index contributed by atoms with van der Waals surface area (Å²) in [6, 6.07) is 2.06. The van der Waals surface area contributed by atoms with Crippen LogP contribution in [0.25, 0.3) is 0 Å². The van der Waals surface area contributed by atoms with E-state index in [0.717, 1.165) is 49.9 Å². The Labute approximate surface area is 141 Å². The molecule has 2 aromatic heterocycles. The summed E-state index contributed by atoms with van der Waals surface area (Å²) in [6.07, 6.45) is 4.81. The van der Waals surface area contributed by atoms with Crippen molar-refractivity contribution in [3.63, 3.8) is 0 Å². The third-order valence-electron chi connectivity index (χ3n) is 5.23. The predicted octanol–water partition coefficient (Wildman–Crippen LogP) is 0.447. The molecule has 2 atom stereocenters. The van der Waals surface area contributed by atoms with Gasteiger partial charge in [-0.3, -0.25) is 14.7 Å². The van der Waals surface area contributed by atoms with Crippen LogP contribution in [0.5, 0.6) is 0 Å². The SMILES string of the molecule is Cc1cc(N2CC3CN(Cc4cncc(=O)n4C)CC3C2)ncn1. The molecule has 2 saturated heterocycles. The van der Waals surface area contributed by atoms with E-state index in [9.17, 15) is 4.79 Å². The Morgan fingerprint density at radius 1 is 1.12 bits per heavy atom. The zero-order valence-corrected chi connectivity index (χ0v) is 14.1. The minimum Gasteiger partial charge on any atom is -0.356 e. The summed E-state index contributed by atoms with van der Waals surface area (Å²) in [4.78, 5) is 29.1. The van der Waals surface area contributed by atoms with Gasteiger partial charge in [-0.25, -0.2) is 9.97 Å². The Morgan fingerprint density at radius 2 is 1.88 bits per heavy atom. The first-order chi connectivity index (χ1) is 11.6. The third-order valence-corrected chi connectivity index (χ3v) is 5.23. The van der Waals surface area contributed by atoms with Gasteiger partial charge in [-0.15, -0.1) is 0 Å². The van der Waals surface area contributed by atoms with Gasteiger partial charge in [-0.2, -0.15) is 0 Å². The molecule has 0 aliphatic carbocycles. The van der Waals surface area contributed by atoms with Gasteiger partial charge < -0.3 is 9.47 Å². The Balaban J connectivity index is 1.41. The molecule has 2 fully saturated rings. The number of hydrogen-bond donors (Lipinski definition) is 0. The highest BCUT2D eigenvalue weighted by Gasteiger charge is 2.40. The smallest absolute Gasteiger partial charge is 0.268 e. The summed E-state index contributed by atoms with van der Waals surface area (Å²) in [5, 5.41) is 0. The van der Waals surface area contributed by atoms with Gasteiger partial charge in [-0.1, -0.05) is 0 Å². The van der Waals surface area contributed by atoms with E-state index in [1.165, 1.54) is 6.20 Å². The largest absolute Gasteiger partial charge is 0.356 e. The molecular weight excluding hydrogens is 304 g/mol. The minimum atomic E-state index is -0.0443. The number of fused-ring (bicyclic) bond motifs is 1. The van der Waals surface area contributed by atoms with Crippen molar-refractivity contribution < 1.29 is 0 Å². The molecule has 2 aliphatic heterocycles. The molecule has 7 heteroatoms. The van der Waals surface area contributed by atoms with E-state index < -0.39 is 0 Å². The summed E-state index contributed by atoms with van der Waals surface area (Å²) < 4.78 is 1.69. The highest BCUT2D eigenvalue weighted by Crippen LogP contribution is 2.33. The lowest BCUT2D eigenvalue weighted by molar-refractivity contribution is 0.300. The molecule has 2 aliphatic rings. The molecule has 4 heterocycles. The number of nitrogens with zero attached hydrogens (tertiary/aromatic N) is 6. The third kappa shape index (κ3) is 2.80. The van der Waals surface area contributed by atoms with E-state index in [2.05, 4.69) is 30.8 Å². The van der Waals surface area contributed by atoms with Crippen LogP contribution < -0.4 is 10.5 Å². The van der Waals surface area contributed by atoms with Crippen molar-refractivity contribution in [1.29, 1.82) is 0 Å². The van der Waals surface area contributed by atoms with Crippen LogP contribution in [0.3, 0.4) is 0 Å². The average Bonchev–Trinajstić information content (AvgIpc) is 3.10. The molecule has 2 aromatic rings. The van der Waals surface area contributed by atoms with Gasteiger partial charge in [0.2, 0.25) is 0 Å². The maximum atomic E-state index is 11.7. The van der Waals surface area contributed by atoms with Crippen LogP contribution in [-0.2, 0) is 13.6 Å². The van der Waals surface area contributed by atoms with Crippen LogP contribution in [0, 0.1) is 18.8 Å². The highest BCUT2D eigenvalue weighted by molar-refractivity contribution is 5.40. The molecular formula is C17H22N6O. The standard InChI is InChI=1S/C17H22N6O/c1-12-3-16(20-11-19-12)23-8-13-6-22(7-14(13)9-23)10-15-4-18-5-17(24)21(15)2/h3-5,11,13-14H,6-10H2,1-2H3. The van der Waals surface area contributed by atoms with Crippen molar-refractivity contribution in [2.75, 3.05) is 31.1 Å². The maximum absolute atomic E-state index is 11.7. The first-order valence-corrected chi connectivity index (χ1v) is 8.36. The maximum Gasteiger partial charge on any atom is 0.268 e. The topological polar surface area (TPSA) is 67.2 Å². The molecule has 4 rings (SSSR count).